The van der Waals surface area contributed by atoms with Crippen molar-refractivity contribution in [1.29, 1.82) is 0 Å². The Bertz CT molecular complexity index is 968. The SMILES string of the molecule is C[C@@H]1C(=O)N(Cc2ccc(-n3cccn3)cc2)C(=O)N1c1ccc(Cl)cc1. The molecule has 4 rings (SSSR count). The number of hydrogen-bond acceptors (Lipinski definition) is 3. The topological polar surface area (TPSA) is 58.4 Å². The van der Waals surface area contributed by atoms with Crippen LogP contribution in [0, 0.1) is 0 Å². The molecule has 1 atom stereocenters. The Hall–Kier alpha value is -3.12. The highest BCUT2D eigenvalue weighted by atomic mass is 35.5. The second-order valence-corrected chi connectivity index (χ2v) is 6.78. The van der Waals surface area contributed by atoms with E-state index in [2.05, 4.69) is 5.10 Å². The lowest BCUT2D eigenvalue weighted by Gasteiger charge is -2.19. The fourth-order valence-corrected chi connectivity index (χ4v) is 3.29. The van der Waals surface area contributed by atoms with Crippen LogP contribution >= 0.6 is 11.6 Å². The first kappa shape index (κ1) is 17.3. The van der Waals surface area contributed by atoms with Crippen LogP contribution in [0.15, 0.2) is 67.0 Å². The van der Waals surface area contributed by atoms with E-state index in [4.69, 9.17) is 11.6 Å². The number of amides is 3. The zero-order valence-electron chi connectivity index (χ0n) is 14.6. The fourth-order valence-electron chi connectivity index (χ4n) is 3.17. The molecule has 3 aromatic rings. The minimum absolute atomic E-state index is 0.217. The van der Waals surface area contributed by atoms with E-state index in [1.165, 1.54) is 9.80 Å². The minimum atomic E-state index is -0.554. The van der Waals surface area contributed by atoms with Gasteiger partial charge in [0.25, 0.3) is 5.91 Å². The predicted molar refractivity (Wildman–Crippen MR) is 103 cm³/mol. The lowest BCUT2D eigenvalue weighted by atomic mass is 10.2. The fraction of sp³-hybridized carbons (Fsp3) is 0.150. The third-order valence-electron chi connectivity index (χ3n) is 4.60. The van der Waals surface area contributed by atoms with Gasteiger partial charge in [0.1, 0.15) is 6.04 Å². The van der Waals surface area contributed by atoms with Crippen LogP contribution in [0.1, 0.15) is 12.5 Å². The highest BCUT2D eigenvalue weighted by molar-refractivity contribution is 6.30. The second-order valence-electron chi connectivity index (χ2n) is 6.35. The highest BCUT2D eigenvalue weighted by Crippen LogP contribution is 2.28. The van der Waals surface area contributed by atoms with Gasteiger partial charge in [-0.25, -0.2) is 9.48 Å². The molecule has 0 saturated carbocycles. The van der Waals surface area contributed by atoms with E-state index >= 15 is 0 Å². The van der Waals surface area contributed by atoms with Crippen molar-refractivity contribution in [1.82, 2.24) is 14.7 Å². The first-order chi connectivity index (χ1) is 13.0. The van der Waals surface area contributed by atoms with Crippen molar-refractivity contribution in [3.63, 3.8) is 0 Å². The van der Waals surface area contributed by atoms with Gasteiger partial charge >= 0.3 is 6.03 Å². The molecule has 1 aromatic heterocycles. The molecule has 0 aliphatic carbocycles. The lowest BCUT2D eigenvalue weighted by molar-refractivity contribution is -0.127. The first-order valence-electron chi connectivity index (χ1n) is 8.54. The van der Waals surface area contributed by atoms with Crippen LogP contribution in [0.4, 0.5) is 10.5 Å². The summed E-state index contributed by atoms with van der Waals surface area (Å²) in [4.78, 5) is 28.3. The van der Waals surface area contributed by atoms with Crippen LogP contribution in [0.25, 0.3) is 5.69 Å². The maximum Gasteiger partial charge on any atom is 0.332 e. The van der Waals surface area contributed by atoms with E-state index < -0.39 is 6.04 Å². The zero-order chi connectivity index (χ0) is 19.0. The van der Waals surface area contributed by atoms with Crippen LogP contribution in [0.3, 0.4) is 0 Å². The summed E-state index contributed by atoms with van der Waals surface area (Å²) in [6.07, 6.45) is 3.57. The molecule has 2 aromatic carbocycles. The Labute approximate surface area is 161 Å². The molecule has 136 valence electrons. The maximum absolute atomic E-state index is 12.9. The molecule has 3 amide bonds. The van der Waals surface area contributed by atoms with Crippen molar-refractivity contribution in [2.45, 2.75) is 19.5 Å². The number of anilines is 1. The zero-order valence-corrected chi connectivity index (χ0v) is 15.4. The summed E-state index contributed by atoms with van der Waals surface area (Å²) >= 11 is 5.92. The van der Waals surface area contributed by atoms with Crippen molar-refractivity contribution < 1.29 is 9.59 Å². The van der Waals surface area contributed by atoms with Crippen molar-refractivity contribution in [3.05, 3.63) is 77.6 Å². The number of imide groups is 1. The van der Waals surface area contributed by atoms with E-state index in [-0.39, 0.29) is 18.5 Å². The number of halogens is 1. The number of hydrogen-bond donors (Lipinski definition) is 0. The third kappa shape index (κ3) is 3.19. The van der Waals surface area contributed by atoms with Gasteiger partial charge in [-0.2, -0.15) is 5.10 Å². The Kier molecular flexibility index (Phi) is 4.41. The summed E-state index contributed by atoms with van der Waals surface area (Å²) in [5, 5.41) is 4.77. The van der Waals surface area contributed by atoms with E-state index in [0.29, 0.717) is 10.7 Å². The second kappa shape index (κ2) is 6.89. The van der Waals surface area contributed by atoms with Gasteiger partial charge in [-0.15, -0.1) is 0 Å². The number of urea groups is 1. The molecule has 27 heavy (non-hydrogen) atoms. The van der Waals surface area contributed by atoms with Crippen molar-refractivity contribution in [3.8, 4) is 5.69 Å². The van der Waals surface area contributed by atoms with Gasteiger partial charge < -0.3 is 0 Å². The molecule has 1 aliphatic heterocycles. The number of aromatic nitrogens is 2. The molecule has 0 radical (unpaired) electrons. The Morgan fingerprint density at radius 3 is 2.30 bits per heavy atom. The first-order valence-corrected chi connectivity index (χ1v) is 8.91. The molecular formula is C20H17ClN4O2. The van der Waals surface area contributed by atoms with Gasteiger partial charge in [0.05, 0.1) is 12.2 Å². The number of benzene rings is 2. The van der Waals surface area contributed by atoms with E-state index in [1.54, 1.807) is 42.1 Å². The summed E-state index contributed by atoms with van der Waals surface area (Å²) < 4.78 is 1.75. The largest absolute Gasteiger partial charge is 0.332 e. The molecule has 7 heteroatoms. The number of carbonyl (C=O) groups excluding carboxylic acids is 2. The molecule has 1 aliphatic rings. The van der Waals surface area contributed by atoms with Crippen LogP contribution in [0.2, 0.25) is 5.02 Å². The van der Waals surface area contributed by atoms with Gasteiger partial charge in [0.2, 0.25) is 0 Å². The number of carbonyl (C=O) groups is 2. The van der Waals surface area contributed by atoms with Gasteiger partial charge in [0, 0.05) is 23.1 Å². The average molecular weight is 381 g/mol. The summed E-state index contributed by atoms with van der Waals surface area (Å²) in [6, 6.07) is 15.5. The maximum atomic E-state index is 12.9. The van der Waals surface area contributed by atoms with Crippen LogP contribution in [-0.4, -0.2) is 32.7 Å². The van der Waals surface area contributed by atoms with Gasteiger partial charge in [-0.3, -0.25) is 14.6 Å². The molecule has 6 nitrogen and oxygen atoms in total. The van der Waals surface area contributed by atoms with E-state index in [0.717, 1.165) is 11.3 Å². The molecule has 0 N–H and O–H groups in total. The highest BCUT2D eigenvalue weighted by Gasteiger charge is 2.43. The molecule has 0 spiro atoms. The van der Waals surface area contributed by atoms with E-state index in [9.17, 15) is 9.59 Å². The standard InChI is InChI=1S/C20H17ClN4O2/c1-14-19(26)23(20(27)25(14)18-9-5-16(21)6-10-18)13-15-3-7-17(8-4-15)24-12-2-11-22-24/h2-12,14H,13H2,1H3/t14-/m1/s1. The van der Waals surface area contributed by atoms with Crippen LogP contribution < -0.4 is 4.90 Å². The van der Waals surface area contributed by atoms with Crippen molar-refractivity contribution >= 4 is 29.2 Å². The smallest absolute Gasteiger partial charge is 0.282 e. The summed E-state index contributed by atoms with van der Waals surface area (Å²) in [5.74, 6) is -0.217. The monoisotopic (exact) mass is 380 g/mol. The molecule has 0 bridgehead atoms. The number of rotatable bonds is 4. The molecule has 2 heterocycles. The van der Waals surface area contributed by atoms with Gasteiger partial charge in [0.15, 0.2) is 0 Å². The van der Waals surface area contributed by atoms with Crippen LogP contribution in [-0.2, 0) is 11.3 Å². The summed E-state index contributed by atoms with van der Waals surface area (Å²) in [6.45, 7) is 1.96. The predicted octanol–water partition coefficient (Wildman–Crippen LogP) is 3.88. The quantitative estimate of drug-likeness (QED) is 0.645. The van der Waals surface area contributed by atoms with Crippen LogP contribution in [0.5, 0.6) is 0 Å². The summed E-state index contributed by atoms with van der Waals surface area (Å²) in [5.41, 5.74) is 2.44. The molecular weight excluding hydrogens is 364 g/mol. The van der Waals surface area contributed by atoms with Gasteiger partial charge in [-0.05, 0) is 55.0 Å². The van der Waals surface area contributed by atoms with Crippen molar-refractivity contribution in [2.24, 2.45) is 0 Å². The molecule has 0 unspecified atom stereocenters. The lowest BCUT2D eigenvalue weighted by Crippen LogP contribution is -2.33. The molecule has 1 saturated heterocycles. The minimum Gasteiger partial charge on any atom is -0.282 e. The Morgan fingerprint density at radius 1 is 1.00 bits per heavy atom. The normalized spacial score (nSPS) is 17.0. The number of nitrogens with zero attached hydrogens (tertiary/aromatic N) is 4. The third-order valence-corrected chi connectivity index (χ3v) is 4.85. The molecule has 1 fully saturated rings. The van der Waals surface area contributed by atoms with Gasteiger partial charge in [-0.1, -0.05) is 23.7 Å². The average Bonchev–Trinajstić information content (AvgIpc) is 3.28. The Morgan fingerprint density at radius 2 is 1.67 bits per heavy atom. The summed E-state index contributed by atoms with van der Waals surface area (Å²) in [7, 11) is 0. The Balaban J connectivity index is 1.54. The van der Waals surface area contributed by atoms with Crippen molar-refractivity contribution in [2.75, 3.05) is 4.90 Å². The van der Waals surface area contributed by atoms with E-state index in [1.807, 2.05) is 36.5 Å².